The zero-order chi connectivity index (χ0) is 31.3. The van der Waals surface area contributed by atoms with E-state index in [0.717, 1.165) is 16.7 Å². The molecule has 0 saturated carbocycles. The normalized spacial score (nSPS) is 19.2. The topological polar surface area (TPSA) is 68.2 Å². The fraction of sp³-hybridized carbons (Fsp3) is 0.472. The van der Waals surface area contributed by atoms with Crippen LogP contribution in [-0.4, -0.2) is 60.9 Å². The van der Waals surface area contributed by atoms with Crippen molar-refractivity contribution in [2.75, 3.05) is 6.61 Å². The van der Waals surface area contributed by atoms with Gasteiger partial charge in [0.1, 0.15) is 18.3 Å². The van der Waals surface area contributed by atoms with E-state index in [-0.39, 0.29) is 17.4 Å². The molecule has 7 heteroatoms. The van der Waals surface area contributed by atoms with Gasteiger partial charge in [0.05, 0.1) is 6.61 Å². The summed E-state index contributed by atoms with van der Waals surface area (Å²) in [6.07, 6.45) is -2.47. The quantitative estimate of drug-likeness (QED) is 0.218. The van der Waals surface area contributed by atoms with E-state index in [1.807, 2.05) is 54.6 Å². The minimum Gasteiger partial charge on any atom is -0.404 e. The SMILES string of the molecule is CC1(C)OC[C@@H](C(=O)[C@H](O[Si](C)(C)C(C)(C)C)[C@@H](O)[C@@H](Cc2ccccc2)N(Cc2ccccc2)Cc2ccccc2)O1. The van der Waals surface area contributed by atoms with Gasteiger partial charge in [-0.25, -0.2) is 0 Å². The van der Waals surface area contributed by atoms with E-state index < -0.39 is 38.5 Å². The van der Waals surface area contributed by atoms with Crippen LogP contribution < -0.4 is 0 Å². The molecule has 0 aromatic heterocycles. The minimum absolute atomic E-state index is 0.136. The number of rotatable bonds is 13. The number of Topliss-reactive ketones (excluding diaryl/α,β-unsaturated/α-hetero) is 1. The van der Waals surface area contributed by atoms with Gasteiger partial charge in [-0.1, -0.05) is 112 Å². The maximum atomic E-state index is 14.3. The van der Waals surface area contributed by atoms with Crippen LogP contribution in [0.4, 0.5) is 0 Å². The van der Waals surface area contributed by atoms with Crippen molar-refractivity contribution in [1.82, 2.24) is 4.90 Å². The molecule has 0 spiro atoms. The Morgan fingerprint density at radius 2 is 1.37 bits per heavy atom. The van der Waals surface area contributed by atoms with Gasteiger partial charge in [0.25, 0.3) is 0 Å². The van der Waals surface area contributed by atoms with Crippen LogP contribution in [0.1, 0.15) is 51.3 Å². The van der Waals surface area contributed by atoms with Crippen molar-refractivity contribution in [3.8, 4) is 0 Å². The van der Waals surface area contributed by atoms with Crippen LogP contribution in [0.25, 0.3) is 0 Å². The first-order chi connectivity index (χ1) is 20.3. The zero-order valence-corrected chi connectivity index (χ0v) is 27.8. The number of hydrogen-bond donors (Lipinski definition) is 1. The molecular formula is C36H49NO5Si. The lowest BCUT2D eigenvalue weighted by atomic mass is 9.92. The highest BCUT2D eigenvalue weighted by Crippen LogP contribution is 2.39. The number of nitrogens with zero attached hydrogens (tertiary/aromatic N) is 1. The zero-order valence-electron chi connectivity index (χ0n) is 26.8. The summed E-state index contributed by atoms with van der Waals surface area (Å²) in [5.74, 6) is -1.14. The largest absolute Gasteiger partial charge is 0.404 e. The molecule has 1 saturated heterocycles. The molecule has 4 rings (SSSR count). The van der Waals surface area contributed by atoms with E-state index >= 15 is 0 Å². The van der Waals surface area contributed by atoms with Crippen molar-refractivity contribution >= 4 is 14.1 Å². The summed E-state index contributed by atoms with van der Waals surface area (Å²) in [5, 5.41) is 12.3. The second-order valence-electron chi connectivity index (χ2n) is 13.6. The smallest absolute Gasteiger partial charge is 0.194 e. The molecule has 4 atom stereocenters. The molecule has 1 N–H and O–H groups in total. The summed E-state index contributed by atoms with van der Waals surface area (Å²) in [7, 11) is -2.50. The van der Waals surface area contributed by atoms with Crippen LogP contribution in [0.15, 0.2) is 91.0 Å². The lowest BCUT2D eigenvalue weighted by Crippen LogP contribution is -2.58. The number of ketones is 1. The van der Waals surface area contributed by atoms with Gasteiger partial charge >= 0.3 is 0 Å². The number of carbonyl (C=O) groups excluding carboxylic acids is 1. The maximum Gasteiger partial charge on any atom is 0.194 e. The number of aliphatic hydroxyl groups is 1. The predicted octanol–water partition coefficient (Wildman–Crippen LogP) is 6.77. The van der Waals surface area contributed by atoms with E-state index in [2.05, 4.69) is 75.2 Å². The number of hydrogen-bond acceptors (Lipinski definition) is 6. The third kappa shape index (κ3) is 8.94. The van der Waals surface area contributed by atoms with Gasteiger partial charge in [0, 0.05) is 19.1 Å². The van der Waals surface area contributed by atoms with Gasteiger partial charge in [0.2, 0.25) is 0 Å². The molecule has 3 aromatic carbocycles. The average Bonchev–Trinajstić information content (AvgIpc) is 3.34. The molecule has 6 nitrogen and oxygen atoms in total. The lowest BCUT2D eigenvalue weighted by Gasteiger charge is -2.43. The predicted molar refractivity (Wildman–Crippen MR) is 174 cm³/mol. The third-order valence-corrected chi connectivity index (χ3v) is 13.2. The lowest BCUT2D eigenvalue weighted by molar-refractivity contribution is -0.161. The summed E-state index contributed by atoms with van der Waals surface area (Å²) in [6, 6.07) is 30.3. The van der Waals surface area contributed by atoms with Crippen LogP contribution in [0.3, 0.4) is 0 Å². The van der Waals surface area contributed by atoms with Gasteiger partial charge in [-0.15, -0.1) is 0 Å². The Balaban J connectivity index is 1.78. The van der Waals surface area contributed by atoms with Gasteiger partial charge in [-0.05, 0) is 55.1 Å². The van der Waals surface area contributed by atoms with E-state index in [1.54, 1.807) is 13.8 Å². The highest BCUT2D eigenvalue weighted by atomic mass is 28.4. The summed E-state index contributed by atoms with van der Waals surface area (Å²) in [6.45, 7) is 15.6. The second kappa shape index (κ2) is 14.0. The molecule has 43 heavy (non-hydrogen) atoms. The second-order valence-corrected chi connectivity index (χ2v) is 18.4. The minimum atomic E-state index is -2.50. The number of aliphatic hydroxyl groups excluding tert-OH is 1. The summed E-state index contributed by atoms with van der Waals surface area (Å²) >= 11 is 0. The van der Waals surface area contributed by atoms with Crippen LogP contribution in [0, 0.1) is 0 Å². The summed E-state index contributed by atoms with van der Waals surface area (Å²) in [4.78, 5) is 16.6. The van der Waals surface area contributed by atoms with Crippen molar-refractivity contribution in [1.29, 1.82) is 0 Å². The summed E-state index contributed by atoms with van der Waals surface area (Å²) in [5.41, 5.74) is 3.34. The Kier molecular flexibility index (Phi) is 10.8. The molecule has 1 fully saturated rings. The van der Waals surface area contributed by atoms with E-state index in [4.69, 9.17) is 13.9 Å². The Bertz CT molecular complexity index is 1250. The van der Waals surface area contributed by atoms with Crippen LogP contribution in [-0.2, 0) is 38.2 Å². The first-order valence-corrected chi connectivity index (χ1v) is 18.2. The fourth-order valence-corrected chi connectivity index (χ4v) is 6.49. The molecule has 0 unspecified atom stereocenters. The highest BCUT2D eigenvalue weighted by Gasteiger charge is 2.49. The average molecular weight is 604 g/mol. The molecule has 1 aliphatic heterocycles. The Hall–Kier alpha value is -2.65. The Labute approximate surface area is 259 Å². The maximum absolute atomic E-state index is 14.3. The van der Waals surface area contributed by atoms with E-state index in [9.17, 15) is 9.90 Å². The number of benzene rings is 3. The van der Waals surface area contributed by atoms with Crippen LogP contribution >= 0.6 is 0 Å². The molecule has 232 valence electrons. The molecule has 1 heterocycles. The first kappa shape index (κ1) is 33.2. The molecule has 0 bridgehead atoms. The standard InChI is InChI=1S/C36H49NO5Si/c1-35(2,3)43(6,7)42-34(33(39)31-26-40-36(4,5)41-31)32(38)30(23-27-17-11-8-12-18-27)37(24-28-19-13-9-14-20-28)25-29-21-15-10-16-22-29/h8-22,30-32,34,38H,23-26H2,1-7H3/t30-,31+,32+,34-/m1/s1. The third-order valence-electron chi connectivity index (χ3n) is 8.75. The monoisotopic (exact) mass is 603 g/mol. The number of carbonyl (C=O) groups is 1. The van der Waals surface area contributed by atoms with Crippen LogP contribution in [0.5, 0.6) is 0 Å². The molecule has 0 aliphatic carbocycles. The number of ether oxygens (including phenoxy) is 2. The van der Waals surface area contributed by atoms with Crippen molar-refractivity contribution < 1.29 is 23.8 Å². The molecule has 1 aliphatic rings. The van der Waals surface area contributed by atoms with Crippen molar-refractivity contribution in [3.05, 3.63) is 108 Å². The van der Waals surface area contributed by atoms with Crippen molar-refractivity contribution in [2.24, 2.45) is 0 Å². The Morgan fingerprint density at radius 3 is 1.79 bits per heavy atom. The summed E-state index contributed by atoms with van der Waals surface area (Å²) < 4.78 is 18.7. The van der Waals surface area contributed by atoms with Gasteiger partial charge in [-0.2, -0.15) is 0 Å². The first-order valence-electron chi connectivity index (χ1n) is 15.3. The molecule has 3 aromatic rings. The van der Waals surface area contributed by atoms with Gasteiger partial charge in [-0.3, -0.25) is 9.69 Å². The molecule has 0 radical (unpaired) electrons. The molecular weight excluding hydrogens is 554 g/mol. The van der Waals surface area contributed by atoms with Crippen molar-refractivity contribution in [2.45, 2.75) is 102 Å². The van der Waals surface area contributed by atoms with E-state index in [1.165, 1.54) is 0 Å². The molecule has 0 amide bonds. The van der Waals surface area contributed by atoms with Crippen LogP contribution in [0.2, 0.25) is 18.1 Å². The highest BCUT2D eigenvalue weighted by molar-refractivity contribution is 6.74. The fourth-order valence-electron chi connectivity index (χ4n) is 5.25. The van der Waals surface area contributed by atoms with Gasteiger partial charge in [0.15, 0.2) is 19.9 Å². The van der Waals surface area contributed by atoms with E-state index in [0.29, 0.717) is 19.5 Å². The van der Waals surface area contributed by atoms with Crippen molar-refractivity contribution in [3.63, 3.8) is 0 Å². The van der Waals surface area contributed by atoms with Gasteiger partial charge < -0.3 is 19.0 Å². The Morgan fingerprint density at radius 1 is 0.907 bits per heavy atom.